The van der Waals surface area contributed by atoms with Crippen LogP contribution in [0.2, 0.25) is 0 Å². The van der Waals surface area contributed by atoms with E-state index in [0.717, 1.165) is 6.08 Å². The summed E-state index contributed by atoms with van der Waals surface area (Å²) in [7, 11) is -3.97. The first-order chi connectivity index (χ1) is 10.2. The van der Waals surface area contributed by atoms with Crippen molar-refractivity contribution >= 4 is 22.1 Å². The van der Waals surface area contributed by atoms with Crippen LogP contribution in [0.15, 0.2) is 12.7 Å². The first-order valence-corrected chi connectivity index (χ1v) is 8.25. The predicted molar refractivity (Wildman–Crippen MR) is 69.7 cm³/mol. The second-order valence-electron chi connectivity index (χ2n) is 5.88. The van der Waals surface area contributed by atoms with Gasteiger partial charge >= 0.3 is 11.9 Å². The molecule has 7 nitrogen and oxygen atoms in total. The summed E-state index contributed by atoms with van der Waals surface area (Å²) in [6, 6.07) is 0. The van der Waals surface area contributed by atoms with Gasteiger partial charge in [-0.1, -0.05) is 6.58 Å². The second-order valence-corrected chi connectivity index (χ2v) is 7.60. The van der Waals surface area contributed by atoms with E-state index < -0.39 is 63.6 Å². The van der Waals surface area contributed by atoms with Gasteiger partial charge in [-0.2, -0.15) is 8.42 Å². The van der Waals surface area contributed by atoms with Crippen molar-refractivity contribution in [1.82, 2.24) is 0 Å². The summed E-state index contributed by atoms with van der Waals surface area (Å²) in [5, 5.41) is -1.20. The fourth-order valence-electron chi connectivity index (χ4n) is 3.86. The monoisotopic (exact) mass is 334 g/mol. The molecule has 0 radical (unpaired) electrons. The Morgan fingerprint density at radius 2 is 2.18 bits per heavy atom. The van der Waals surface area contributed by atoms with Crippen LogP contribution in [0.25, 0.3) is 0 Å². The van der Waals surface area contributed by atoms with Gasteiger partial charge in [0.25, 0.3) is 10.1 Å². The number of rotatable bonds is 4. The molecule has 1 heterocycles. The molecule has 0 aromatic rings. The van der Waals surface area contributed by atoms with Gasteiger partial charge in [0.1, 0.15) is 17.0 Å². The minimum absolute atomic E-state index is 0.178. The molecule has 22 heavy (non-hydrogen) atoms. The maximum atomic E-state index is 14.8. The van der Waals surface area contributed by atoms with Gasteiger partial charge < -0.3 is 9.47 Å². The minimum atomic E-state index is -3.97. The van der Waals surface area contributed by atoms with Crippen molar-refractivity contribution in [2.24, 2.45) is 11.8 Å². The maximum absolute atomic E-state index is 14.8. The Labute approximate surface area is 126 Å². The van der Waals surface area contributed by atoms with Gasteiger partial charge in [-0.15, -0.1) is 0 Å². The lowest BCUT2D eigenvalue weighted by Crippen LogP contribution is -2.40. The van der Waals surface area contributed by atoms with Crippen molar-refractivity contribution in [3.05, 3.63) is 12.7 Å². The van der Waals surface area contributed by atoms with Gasteiger partial charge in [-0.3, -0.25) is 4.18 Å². The third-order valence-electron chi connectivity index (χ3n) is 4.70. The van der Waals surface area contributed by atoms with E-state index in [1.165, 1.54) is 6.92 Å². The smallest absolute Gasteiger partial charge is 0.344 e. The molecule has 6 atom stereocenters. The Morgan fingerprint density at radius 1 is 1.50 bits per heavy atom. The molecule has 2 aliphatic carbocycles. The molecule has 0 aromatic carbocycles. The van der Waals surface area contributed by atoms with Crippen LogP contribution in [0.5, 0.6) is 0 Å². The summed E-state index contributed by atoms with van der Waals surface area (Å²) in [5.41, 5.74) is -1.78. The van der Waals surface area contributed by atoms with Crippen molar-refractivity contribution in [1.29, 1.82) is 0 Å². The average molecular weight is 334 g/mol. The van der Waals surface area contributed by atoms with E-state index in [2.05, 4.69) is 11.3 Å². The van der Waals surface area contributed by atoms with Crippen LogP contribution in [0.3, 0.4) is 0 Å². The zero-order chi connectivity index (χ0) is 16.3. The molecular formula is C13H15FO7S. The second kappa shape index (κ2) is 4.76. The number of esters is 2. The highest BCUT2D eigenvalue weighted by atomic mass is 32.2. The molecule has 2 bridgehead atoms. The van der Waals surface area contributed by atoms with Gasteiger partial charge in [0.15, 0.2) is 6.61 Å². The highest BCUT2D eigenvalue weighted by Crippen LogP contribution is 2.62. The number of halogens is 1. The Bertz CT molecular complexity index is 641. The summed E-state index contributed by atoms with van der Waals surface area (Å²) in [4.78, 5) is 22.6. The van der Waals surface area contributed by atoms with Crippen LogP contribution in [-0.4, -0.2) is 50.1 Å². The predicted octanol–water partition coefficient (Wildman–Crippen LogP) is 0.103. The summed E-state index contributed by atoms with van der Waals surface area (Å²) in [6.07, 6.45) is -0.761. The zero-order valence-electron chi connectivity index (χ0n) is 11.7. The molecule has 122 valence electrons. The summed E-state index contributed by atoms with van der Waals surface area (Å²) < 4.78 is 53.3. The van der Waals surface area contributed by atoms with E-state index in [0.29, 0.717) is 0 Å². The Hall–Kier alpha value is -1.48. The molecule has 3 rings (SSSR count). The first-order valence-electron chi connectivity index (χ1n) is 6.78. The van der Waals surface area contributed by atoms with E-state index in [4.69, 9.17) is 8.92 Å². The molecule has 0 amide bonds. The van der Waals surface area contributed by atoms with Crippen LogP contribution < -0.4 is 0 Å². The number of hydrogen-bond donors (Lipinski definition) is 0. The van der Waals surface area contributed by atoms with Crippen molar-refractivity contribution in [3.63, 3.8) is 0 Å². The summed E-state index contributed by atoms with van der Waals surface area (Å²) in [6.45, 7) is 3.80. The number of hydrogen-bond acceptors (Lipinski definition) is 7. The van der Waals surface area contributed by atoms with Gasteiger partial charge in [-0.05, 0) is 13.3 Å². The van der Waals surface area contributed by atoms with Crippen LogP contribution in [0, 0.1) is 11.8 Å². The van der Waals surface area contributed by atoms with Crippen LogP contribution in [0.1, 0.15) is 13.3 Å². The number of carbonyl (C=O) groups excluding carboxylic acids is 2. The maximum Gasteiger partial charge on any atom is 0.344 e. The highest BCUT2D eigenvalue weighted by molar-refractivity contribution is 7.87. The SMILES string of the molecule is C=CC(=O)OCC(=O)OC1C2CC3OS(=O)(=O)C1C3C2(C)F. The van der Waals surface area contributed by atoms with E-state index in [1.54, 1.807) is 0 Å². The number of alkyl halides is 1. The standard InChI is InChI=1S/C13H15FO7S/c1-3-8(15)19-5-9(16)20-11-6-4-7-10(13(6,2)14)12(11)22(17,18)21-7/h3,6-7,10-12H,1,4-5H2,2H3. The Kier molecular flexibility index (Phi) is 3.33. The van der Waals surface area contributed by atoms with Gasteiger partial charge in [0.05, 0.1) is 6.10 Å². The number of ether oxygens (including phenoxy) is 2. The van der Waals surface area contributed by atoms with E-state index in [9.17, 15) is 22.4 Å². The lowest BCUT2D eigenvalue weighted by molar-refractivity contribution is -0.162. The summed E-state index contributed by atoms with van der Waals surface area (Å²) >= 11 is 0. The van der Waals surface area contributed by atoms with Crippen molar-refractivity contribution in [2.75, 3.05) is 6.61 Å². The Morgan fingerprint density at radius 3 is 2.82 bits per heavy atom. The largest absolute Gasteiger partial charge is 0.458 e. The first kappa shape index (κ1) is 15.4. The van der Waals surface area contributed by atoms with Gasteiger partial charge in [-0.25, -0.2) is 14.0 Å². The third kappa shape index (κ3) is 2.06. The topological polar surface area (TPSA) is 96.0 Å². The molecule has 0 aromatic heterocycles. The molecule has 0 spiro atoms. The highest BCUT2D eigenvalue weighted by Gasteiger charge is 2.76. The molecule has 0 N–H and O–H groups in total. The molecular weight excluding hydrogens is 319 g/mol. The lowest BCUT2D eigenvalue weighted by Gasteiger charge is -2.24. The van der Waals surface area contributed by atoms with E-state index in [1.807, 2.05) is 0 Å². The molecule has 1 saturated heterocycles. The van der Waals surface area contributed by atoms with Crippen LogP contribution in [-0.2, 0) is 33.4 Å². The fourth-order valence-corrected chi connectivity index (χ4v) is 5.91. The Balaban J connectivity index is 1.76. The normalized spacial score (nSPS) is 43.8. The van der Waals surface area contributed by atoms with Gasteiger partial charge in [0, 0.05) is 17.9 Å². The fraction of sp³-hybridized carbons (Fsp3) is 0.692. The number of fused-ring (bicyclic) bond motifs is 1. The average Bonchev–Trinajstić information content (AvgIpc) is 2.88. The molecule has 1 aliphatic heterocycles. The van der Waals surface area contributed by atoms with Crippen molar-refractivity contribution in [3.8, 4) is 0 Å². The van der Waals surface area contributed by atoms with E-state index >= 15 is 0 Å². The van der Waals surface area contributed by atoms with Gasteiger partial charge in [0.2, 0.25) is 0 Å². The van der Waals surface area contributed by atoms with Crippen molar-refractivity contribution in [2.45, 2.75) is 36.5 Å². The lowest BCUT2D eigenvalue weighted by atomic mass is 9.95. The van der Waals surface area contributed by atoms with E-state index in [-0.39, 0.29) is 6.42 Å². The number of carbonyl (C=O) groups is 2. The third-order valence-corrected chi connectivity index (χ3v) is 6.44. The molecule has 3 aliphatic rings. The van der Waals surface area contributed by atoms with Crippen LogP contribution >= 0.6 is 0 Å². The molecule has 2 saturated carbocycles. The zero-order valence-corrected chi connectivity index (χ0v) is 12.5. The van der Waals surface area contributed by atoms with Crippen LogP contribution in [0.4, 0.5) is 4.39 Å². The molecule has 9 heteroatoms. The quantitative estimate of drug-likeness (QED) is 0.409. The molecule has 6 unspecified atom stereocenters. The molecule has 3 fully saturated rings. The minimum Gasteiger partial charge on any atom is -0.458 e. The van der Waals surface area contributed by atoms with Crippen molar-refractivity contribution < 1.29 is 36.1 Å². The summed E-state index contributed by atoms with van der Waals surface area (Å²) in [5.74, 6) is -3.32.